The van der Waals surface area contributed by atoms with Gasteiger partial charge in [0.15, 0.2) is 0 Å². The Morgan fingerprint density at radius 3 is 2.85 bits per heavy atom. The van der Waals surface area contributed by atoms with Gasteiger partial charge in [0, 0.05) is 17.3 Å². The highest BCUT2D eigenvalue weighted by Gasteiger charge is 2.08. The van der Waals surface area contributed by atoms with E-state index in [1.807, 2.05) is 6.07 Å². The van der Waals surface area contributed by atoms with Gasteiger partial charge in [0.25, 0.3) is 5.91 Å². The molecule has 2 aromatic rings. The molecule has 0 aliphatic rings. The number of hydrazone groups is 1. The SMILES string of the molecule is CCC/C(=N\NC(=O)c1cccnc1)c1ccc(C)s1. The molecule has 0 spiro atoms. The van der Waals surface area contributed by atoms with E-state index in [1.54, 1.807) is 29.7 Å². The lowest BCUT2D eigenvalue weighted by Gasteiger charge is -2.04. The third-order valence-corrected chi connectivity index (χ3v) is 3.78. The molecule has 104 valence electrons. The monoisotopic (exact) mass is 287 g/mol. The quantitative estimate of drug-likeness (QED) is 0.677. The summed E-state index contributed by atoms with van der Waals surface area (Å²) < 4.78 is 0. The largest absolute Gasteiger partial charge is 0.272 e. The minimum atomic E-state index is -0.236. The van der Waals surface area contributed by atoms with E-state index in [9.17, 15) is 4.79 Å². The summed E-state index contributed by atoms with van der Waals surface area (Å²) in [5.41, 5.74) is 4.04. The van der Waals surface area contributed by atoms with E-state index < -0.39 is 0 Å². The lowest BCUT2D eigenvalue weighted by Crippen LogP contribution is -2.20. The number of nitrogens with one attached hydrogen (secondary N) is 1. The molecule has 0 saturated heterocycles. The van der Waals surface area contributed by atoms with Gasteiger partial charge in [0.2, 0.25) is 0 Å². The van der Waals surface area contributed by atoms with Crippen LogP contribution in [0.15, 0.2) is 41.8 Å². The van der Waals surface area contributed by atoms with Crippen LogP contribution < -0.4 is 5.43 Å². The van der Waals surface area contributed by atoms with Crippen LogP contribution in [-0.2, 0) is 0 Å². The third kappa shape index (κ3) is 3.74. The second-order valence-electron chi connectivity index (χ2n) is 4.40. The first-order valence-corrected chi connectivity index (χ1v) is 7.36. The zero-order chi connectivity index (χ0) is 14.4. The number of hydrogen-bond acceptors (Lipinski definition) is 4. The van der Waals surface area contributed by atoms with Crippen molar-refractivity contribution in [2.24, 2.45) is 5.10 Å². The number of thiophene rings is 1. The number of aromatic nitrogens is 1. The fraction of sp³-hybridized carbons (Fsp3) is 0.267. The lowest BCUT2D eigenvalue weighted by atomic mass is 10.2. The van der Waals surface area contributed by atoms with Gasteiger partial charge in [-0.25, -0.2) is 5.43 Å². The summed E-state index contributed by atoms with van der Waals surface area (Å²) in [6, 6.07) is 7.56. The highest BCUT2D eigenvalue weighted by molar-refractivity contribution is 7.14. The smallest absolute Gasteiger partial charge is 0.267 e. The van der Waals surface area contributed by atoms with Crippen molar-refractivity contribution in [1.82, 2.24) is 10.4 Å². The molecule has 0 aliphatic heterocycles. The van der Waals surface area contributed by atoms with Gasteiger partial charge < -0.3 is 0 Å². The molecule has 0 atom stereocenters. The first-order chi connectivity index (χ1) is 9.70. The predicted molar refractivity (Wildman–Crippen MR) is 82.2 cm³/mol. The maximum atomic E-state index is 11.9. The molecule has 0 fully saturated rings. The van der Waals surface area contributed by atoms with Crippen LogP contribution in [0.4, 0.5) is 0 Å². The summed E-state index contributed by atoms with van der Waals surface area (Å²) in [6.07, 6.45) is 4.99. The van der Waals surface area contributed by atoms with Gasteiger partial charge in [-0.2, -0.15) is 5.10 Å². The number of carbonyl (C=O) groups is 1. The van der Waals surface area contributed by atoms with Crippen LogP contribution in [0.2, 0.25) is 0 Å². The highest BCUT2D eigenvalue weighted by atomic mass is 32.1. The lowest BCUT2D eigenvalue weighted by molar-refractivity contribution is 0.0954. The van der Waals surface area contributed by atoms with Crippen molar-refractivity contribution in [1.29, 1.82) is 0 Å². The Kier molecular flexibility index (Phi) is 5.01. The second-order valence-corrected chi connectivity index (χ2v) is 5.69. The topological polar surface area (TPSA) is 54.4 Å². The molecular formula is C15H17N3OS. The van der Waals surface area contributed by atoms with Crippen molar-refractivity contribution in [3.8, 4) is 0 Å². The normalized spacial score (nSPS) is 11.4. The number of aryl methyl sites for hydroxylation is 1. The predicted octanol–water partition coefficient (Wildman–Crippen LogP) is 3.39. The molecule has 2 heterocycles. The Hall–Kier alpha value is -2.01. The van der Waals surface area contributed by atoms with Crippen LogP contribution in [0.5, 0.6) is 0 Å². The Morgan fingerprint density at radius 1 is 1.40 bits per heavy atom. The molecule has 0 aliphatic carbocycles. The van der Waals surface area contributed by atoms with Crippen LogP contribution in [-0.4, -0.2) is 16.6 Å². The third-order valence-electron chi connectivity index (χ3n) is 2.73. The van der Waals surface area contributed by atoms with Crippen LogP contribution in [0, 0.1) is 6.92 Å². The number of hydrogen-bond donors (Lipinski definition) is 1. The van der Waals surface area contributed by atoms with Gasteiger partial charge in [-0.15, -0.1) is 11.3 Å². The van der Waals surface area contributed by atoms with Gasteiger partial charge in [-0.05, 0) is 37.6 Å². The minimum Gasteiger partial charge on any atom is -0.267 e. The molecular weight excluding hydrogens is 270 g/mol. The van der Waals surface area contributed by atoms with Crippen molar-refractivity contribution < 1.29 is 4.79 Å². The molecule has 0 unspecified atom stereocenters. The van der Waals surface area contributed by atoms with Crippen LogP contribution >= 0.6 is 11.3 Å². The molecule has 4 nitrogen and oxygen atoms in total. The number of carbonyl (C=O) groups excluding carboxylic acids is 1. The summed E-state index contributed by atoms with van der Waals surface area (Å²) in [5, 5.41) is 4.27. The van der Waals surface area contributed by atoms with Crippen LogP contribution in [0.1, 0.15) is 39.9 Å². The first-order valence-electron chi connectivity index (χ1n) is 6.54. The molecule has 2 aromatic heterocycles. The Labute approximate surface area is 122 Å². The zero-order valence-electron chi connectivity index (χ0n) is 11.6. The van der Waals surface area contributed by atoms with E-state index in [1.165, 1.54) is 11.1 Å². The Bertz CT molecular complexity index is 605. The van der Waals surface area contributed by atoms with E-state index in [4.69, 9.17) is 0 Å². The molecule has 0 radical (unpaired) electrons. The highest BCUT2D eigenvalue weighted by Crippen LogP contribution is 2.18. The maximum absolute atomic E-state index is 11.9. The van der Waals surface area contributed by atoms with Gasteiger partial charge in [-0.3, -0.25) is 9.78 Å². The zero-order valence-corrected chi connectivity index (χ0v) is 12.4. The van der Waals surface area contributed by atoms with Crippen molar-refractivity contribution in [3.63, 3.8) is 0 Å². The number of nitrogens with zero attached hydrogens (tertiary/aromatic N) is 2. The average molecular weight is 287 g/mol. The van der Waals surface area contributed by atoms with Crippen molar-refractivity contribution in [3.05, 3.63) is 52.0 Å². The molecule has 0 aromatic carbocycles. The average Bonchev–Trinajstić information content (AvgIpc) is 2.90. The fourth-order valence-electron chi connectivity index (χ4n) is 1.74. The summed E-state index contributed by atoms with van der Waals surface area (Å²) in [5.74, 6) is -0.236. The molecule has 0 saturated carbocycles. The molecule has 20 heavy (non-hydrogen) atoms. The molecule has 0 bridgehead atoms. The molecule has 5 heteroatoms. The van der Waals surface area contributed by atoms with Crippen molar-refractivity contribution in [2.45, 2.75) is 26.7 Å². The Morgan fingerprint density at radius 2 is 2.25 bits per heavy atom. The number of rotatable bonds is 5. The number of amides is 1. The van der Waals surface area contributed by atoms with E-state index in [2.05, 4.69) is 35.4 Å². The second kappa shape index (κ2) is 6.96. The molecule has 2 rings (SSSR count). The summed E-state index contributed by atoms with van der Waals surface area (Å²) in [4.78, 5) is 18.2. The van der Waals surface area contributed by atoms with Crippen molar-refractivity contribution in [2.75, 3.05) is 0 Å². The number of pyridine rings is 1. The standard InChI is InChI=1S/C15H17N3OS/c1-3-5-13(14-8-7-11(2)20-14)17-18-15(19)12-6-4-9-16-10-12/h4,6-10H,3,5H2,1-2H3,(H,18,19)/b17-13+. The van der Waals surface area contributed by atoms with E-state index in [0.29, 0.717) is 5.56 Å². The molecule has 1 amide bonds. The van der Waals surface area contributed by atoms with Crippen LogP contribution in [0.25, 0.3) is 0 Å². The van der Waals surface area contributed by atoms with E-state index in [0.717, 1.165) is 23.4 Å². The Balaban J connectivity index is 2.12. The summed E-state index contributed by atoms with van der Waals surface area (Å²) in [7, 11) is 0. The van der Waals surface area contributed by atoms with Crippen molar-refractivity contribution >= 4 is 23.0 Å². The minimum absolute atomic E-state index is 0.236. The fourth-order valence-corrected chi connectivity index (χ4v) is 2.63. The van der Waals surface area contributed by atoms with Crippen LogP contribution in [0.3, 0.4) is 0 Å². The summed E-state index contributed by atoms with van der Waals surface area (Å²) in [6.45, 7) is 4.16. The van der Waals surface area contributed by atoms with E-state index >= 15 is 0 Å². The summed E-state index contributed by atoms with van der Waals surface area (Å²) >= 11 is 1.69. The van der Waals surface area contributed by atoms with Gasteiger partial charge >= 0.3 is 0 Å². The van der Waals surface area contributed by atoms with Gasteiger partial charge in [0.05, 0.1) is 16.2 Å². The maximum Gasteiger partial charge on any atom is 0.272 e. The molecule has 1 N–H and O–H groups in total. The first kappa shape index (κ1) is 14.4. The van der Waals surface area contributed by atoms with Gasteiger partial charge in [-0.1, -0.05) is 13.3 Å². The van der Waals surface area contributed by atoms with Gasteiger partial charge in [0.1, 0.15) is 0 Å². The van der Waals surface area contributed by atoms with E-state index in [-0.39, 0.29) is 5.91 Å².